The normalized spacial score (nSPS) is 34.4. The third-order valence-electron chi connectivity index (χ3n) is 12.4. The molecule has 0 aromatic carbocycles. The highest BCUT2D eigenvalue weighted by molar-refractivity contribution is 6.74. The highest BCUT2D eigenvalue weighted by atomic mass is 28.4. The average molecular weight is 787 g/mol. The predicted octanol–water partition coefficient (Wildman–Crippen LogP) is 12.0. The lowest BCUT2D eigenvalue weighted by Gasteiger charge is -2.45. The van der Waals surface area contributed by atoms with E-state index in [2.05, 4.69) is 141 Å². The van der Waals surface area contributed by atoms with Crippen LogP contribution in [-0.2, 0) is 23.1 Å². The van der Waals surface area contributed by atoms with Crippen molar-refractivity contribution in [3.05, 3.63) is 72.9 Å². The van der Waals surface area contributed by atoms with Crippen molar-refractivity contribution in [2.45, 2.75) is 170 Å². The molecular formula is C46H82O6Si2. The van der Waals surface area contributed by atoms with Crippen LogP contribution in [0.5, 0.6) is 0 Å². The van der Waals surface area contributed by atoms with E-state index in [1.807, 2.05) is 24.3 Å². The molecule has 6 nitrogen and oxygen atoms in total. The molecule has 0 bridgehead atoms. The van der Waals surface area contributed by atoms with Crippen LogP contribution in [-0.4, -0.2) is 65.3 Å². The number of cyclic esters (lactones) is 1. The summed E-state index contributed by atoms with van der Waals surface area (Å²) < 4.78 is 26.7. The number of aliphatic hydroxyl groups is 1. The summed E-state index contributed by atoms with van der Waals surface area (Å²) in [5, 5.41) is 11.2. The van der Waals surface area contributed by atoms with E-state index in [0.717, 1.165) is 6.42 Å². The molecule has 8 heteroatoms. The first kappa shape index (κ1) is 50.2. The summed E-state index contributed by atoms with van der Waals surface area (Å²) in [4.78, 5) is 13.4. The molecule has 0 aromatic heterocycles. The molecule has 1 aliphatic rings. The number of carbonyl (C=O) groups is 1. The third-order valence-corrected chi connectivity index (χ3v) is 21.3. The number of aliphatic hydroxyl groups excluding tert-OH is 1. The smallest absolute Gasteiger partial charge is 0.331 e. The molecule has 54 heavy (non-hydrogen) atoms. The third kappa shape index (κ3) is 15.6. The second kappa shape index (κ2) is 21.6. The number of esters is 1. The maximum atomic E-state index is 13.4. The number of allylic oxidation sites excluding steroid dienone is 5. The first-order valence-corrected chi connectivity index (χ1v) is 26.3. The predicted molar refractivity (Wildman–Crippen MR) is 236 cm³/mol. The molecule has 0 saturated carbocycles. The number of ether oxygens (including phenoxy) is 2. The summed E-state index contributed by atoms with van der Waals surface area (Å²) in [7, 11) is -2.69. The number of carbonyl (C=O) groups excluding carboxylic acids is 1. The summed E-state index contributed by atoms with van der Waals surface area (Å²) in [6.07, 6.45) is 19.0. The van der Waals surface area contributed by atoms with Crippen molar-refractivity contribution in [3.63, 3.8) is 0 Å². The molecule has 0 aliphatic carbocycles. The summed E-state index contributed by atoms with van der Waals surface area (Å²) in [5.74, 6) is -0.205. The molecule has 310 valence electrons. The van der Waals surface area contributed by atoms with Crippen LogP contribution in [0.1, 0.15) is 103 Å². The van der Waals surface area contributed by atoms with Gasteiger partial charge in [0.2, 0.25) is 0 Å². The molecule has 0 unspecified atom stereocenters. The molecule has 1 aliphatic heterocycles. The molecule has 11 atom stereocenters. The van der Waals surface area contributed by atoms with Crippen LogP contribution in [0.3, 0.4) is 0 Å². The van der Waals surface area contributed by atoms with Gasteiger partial charge in [-0.1, -0.05) is 150 Å². The van der Waals surface area contributed by atoms with Crippen molar-refractivity contribution in [2.75, 3.05) is 7.11 Å². The monoisotopic (exact) mass is 787 g/mol. The summed E-state index contributed by atoms with van der Waals surface area (Å²) in [6, 6.07) is 0. The number of rotatable bonds is 8. The number of hydrogen-bond donors (Lipinski definition) is 1. The second-order valence-corrected chi connectivity index (χ2v) is 28.9. The summed E-state index contributed by atoms with van der Waals surface area (Å²) in [6.45, 7) is 42.1. The van der Waals surface area contributed by atoms with Gasteiger partial charge >= 0.3 is 5.97 Å². The Balaban J connectivity index is 3.94. The number of methoxy groups -OCH3 is 1. The van der Waals surface area contributed by atoms with Gasteiger partial charge in [-0.2, -0.15) is 0 Å². The average Bonchev–Trinajstić information content (AvgIpc) is 3.05. The van der Waals surface area contributed by atoms with E-state index in [1.165, 1.54) is 11.6 Å². The van der Waals surface area contributed by atoms with Crippen LogP contribution in [0.2, 0.25) is 36.3 Å². The molecule has 0 spiro atoms. The van der Waals surface area contributed by atoms with Crippen molar-refractivity contribution in [1.82, 2.24) is 0 Å². The fourth-order valence-corrected chi connectivity index (χ4v) is 9.82. The minimum atomic E-state index is -2.23. The highest BCUT2D eigenvalue weighted by Gasteiger charge is 2.44. The molecule has 0 saturated heterocycles. The van der Waals surface area contributed by atoms with E-state index in [1.54, 1.807) is 19.3 Å². The topological polar surface area (TPSA) is 74.2 Å². The molecule has 1 rings (SSSR count). The van der Waals surface area contributed by atoms with Crippen LogP contribution < -0.4 is 0 Å². The van der Waals surface area contributed by atoms with Crippen LogP contribution in [0.4, 0.5) is 0 Å². The minimum Gasteiger partial charge on any atom is -0.458 e. The molecule has 0 aromatic rings. The largest absolute Gasteiger partial charge is 0.458 e. The second-order valence-electron chi connectivity index (χ2n) is 19.4. The van der Waals surface area contributed by atoms with E-state index in [4.69, 9.17) is 18.3 Å². The quantitative estimate of drug-likeness (QED) is 0.114. The van der Waals surface area contributed by atoms with Gasteiger partial charge in [0.15, 0.2) is 16.6 Å². The molecule has 0 radical (unpaired) electrons. The Morgan fingerprint density at radius 2 is 1.43 bits per heavy atom. The Bertz CT molecular complexity index is 1310. The Morgan fingerprint density at radius 3 is 1.94 bits per heavy atom. The summed E-state index contributed by atoms with van der Waals surface area (Å²) >= 11 is 0. The highest BCUT2D eigenvalue weighted by Crippen LogP contribution is 2.42. The van der Waals surface area contributed by atoms with Crippen LogP contribution in [0.25, 0.3) is 0 Å². The van der Waals surface area contributed by atoms with E-state index in [-0.39, 0.29) is 69.9 Å². The first-order chi connectivity index (χ1) is 24.7. The van der Waals surface area contributed by atoms with E-state index in [0.29, 0.717) is 6.42 Å². The van der Waals surface area contributed by atoms with Crippen molar-refractivity contribution in [1.29, 1.82) is 0 Å². The van der Waals surface area contributed by atoms with Gasteiger partial charge in [0, 0.05) is 37.4 Å². The van der Waals surface area contributed by atoms with Crippen molar-refractivity contribution in [2.24, 2.45) is 35.5 Å². The van der Waals surface area contributed by atoms with Gasteiger partial charge < -0.3 is 23.4 Å². The van der Waals surface area contributed by atoms with Gasteiger partial charge in [0.25, 0.3) is 0 Å². The lowest BCUT2D eigenvalue weighted by molar-refractivity contribution is -0.150. The molecular weight excluding hydrogens is 705 g/mol. The van der Waals surface area contributed by atoms with Crippen LogP contribution in [0, 0.1) is 35.5 Å². The minimum absolute atomic E-state index is 0.00312. The van der Waals surface area contributed by atoms with E-state index >= 15 is 0 Å². The van der Waals surface area contributed by atoms with Gasteiger partial charge in [-0.05, 0) is 67.4 Å². The maximum absolute atomic E-state index is 13.4. The molecule has 0 fully saturated rings. The van der Waals surface area contributed by atoms with Crippen LogP contribution >= 0.6 is 0 Å². The zero-order valence-corrected chi connectivity index (χ0v) is 39.7. The zero-order chi connectivity index (χ0) is 41.8. The van der Waals surface area contributed by atoms with Crippen molar-refractivity contribution < 1.29 is 28.2 Å². The maximum Gasteiger partial charge on any atom is 0.331 e. The first-order valence-electron chi connectivity index (χ1n) is 20.5. The fraction of sp³-hybridized carbons (Fsp3) is 0.717. The van der Waals surface area contributed by atoms with Crippen LogP contribution in [0.15, 0.2) is 72.9 Å². The van der Waals surface area contributed by atoms with Gasteiger partial charge in [0.05, 0.1) is 24.4 Å². The Labute approximate surface area is 334 Å². The Hall–Kier alpha value is -1.82. The summed E-state index contributed by atoms with van der Waals surface area (Å²) in [5.41, 5.74) is 1.29. The fourth-order valence-electron chi connectivity index (χ4n) is 6.87. The van der Waals surface area contributed by atoms with Gasteiger partial charge in [0.1, 0.15) is 6.10 Å². The number of hydrogen-bond acceptors (Lipinski definition) is 6. The molecule has 1 heterocycles. The molecule has 0 amide bonds. The SMILES string of the molecule is C=C/C=C\[C@H](C)[C@@H]1OC(=O)/C=C\C=C\[C@@H](C)[C@@H](OC)C[C@H](O)/C=C\[C@H](C)[C@H](O[Si](C)(C)C(C)(C)C)[C@@H](C)/C=C(/C)C[C@H](C)[C@@H](O[Si](C)(C)C(C)(C)C)[C@@H]1C. The van der Waals surface area contributed by atoms with E-state index in [9.17, 15) is 9.90 Å². The van der Waals surface area contributed by atoms with Gasteiger partial charge in [-0.25, -0.2) is 4.79 Å². The van der Waals surface area contributed by atoms with E-state index < -0.39 is 28.8 Å². The Kier molecular flexibility index (Phi) is 20.1. The van der Waals surface area contributed by atoms with Crippen molar-refractivity contribution >= 4 is 22.6 Å². The Morgan fingerprint density at radius 1 is 0.870 bits per heavy atom. The van der Waals surface area contributed by atoms with Crippen molar-refractivity contribution in [3.8, 4) is 0 Å². The lowest BCUT2D eigenvalue weighted by Crippen LogP contribution is -2.50. The zero-order valence-electron chi connectivity index (χ0n) is 37.7. The van der Waals surface area contributed by atoms with Gasteiger partial charge in [-0.3, -0.25) is 0 Å². The standard InChI is InChI=1S/C46H82O6Si2/c1-20-21-24-34(4)43-38(8)44(52-54(18,19)46(12,13)14)37(7)30-32(2)29-36(6)42(51-53(16,17)45(9,10)11)35(5)27-28-39(47)31-40(49-15)33(3)25-22-23-26-41(48)50-43/h20-29,33-40,42-44,47H,1,30-31H2,2-19H3/b24-21-,25-22+,26-23-,28-27-,32-29-/t33-,34+,35+,36+,37+,38-,39-,40+,42+,43+,44-/m1/s1. The lowest BCUT2D eigenvalue weighted by atomic mass is 9.81. The molecule has 1 N–H and O–H groups in total. The van der Waals surface area contributed by atoms with Gasteiger partial charge in [-0.15, -0.1) is 0 Å².